The third-order valence-corrected chi connectivity index (χ3v) is 3.71. The lowest BCUT2D eigenvalue weighted by Gasteiger charge is -2.08. The zero-order chi connectivity index (χ0) is 15.6. The van der Waals surface area contributed by atoms with Crippen LogP contribution in [0.25, 0.3) is 11.5 Å². The molecule has 2 rings (SSSR count). The number of hydrogen-bond donors (Lipinski definition) is 1. The van der Waals surface area contributed by atoms with Gasteiger partial charge in [0.1, 0.15) is 0 Å². The Morgan fingerprint density at radius 2 is 2.05 bits per heavy atom. The van der Waals surface area contributed by atoms with Gasteiger partial charge in [0.25, 0.3) is 5.89 Å². The highest BCUT2D eigenvalue weighted by atomic mass is 32.2. The maximum Gasteiger partial charge on any atom is 0.416 e. The Labute approximate surface area is 123 Å². The molecule has 4 nitrogen and oxygen atoms in total. The second-order valence-electron chi connectivity index (χ2n) is 4.68. The van der Waals surface area contributed by atoms with Gasteiger partial charge < -0.3 is 10.3 Å². The summed E-state index contributed by atoms with van der Waals surface area (Å²) < 4.78 is 42.8. The SMILES string of the molecule is CC(C)SCc1noc(-c2ccc(C(F)(F)F)cc2N)n1. The summed E-state index contributed by atoms with van der Waals surface area (Å²) in [5.41, 5.74) is 5.10. The minimum absolute atomic E-state index is 0.0449. The summed E-state index contributed by atoms with van der Waals surface area (Å²) in [6, 6.07) is 3.05. The number of hydrogen-bond acceptors (Lipinski definition) is 5. The molecule has 0 aliphatic carbocycles. The third kappa shape index (κ3) is 3.90. The first kappa shape index (κ1) is 15.7. The molecule has 0 radical (unpaired) electrons. The molecule has 0 saturated heterocycles. The van der Waals surface area contributed by atoms with E-state index in [2.05, 4.69) is 10.1 Å². The average molecular weight is 317 g/mol. The lowest BCUT2D eigenvalue weighted by Crippen LogP contribution is -2.06. The molecule has 0 fully saturated rings. The molecule has 0 aliphatic rings. The maximum absolute atomic E-state index is 12.6. The topological polar surface area (TPSA) is 64.9 Å². The van der Waals surface area contributed by atoms with Gasteiger partial charge in [-0.05, 0) is 23.4 Å². The third-order valence-electron chi connectivity index (χ3n) is 2.62. The fourth-order valence-electron chi connectivity index (χ4n) is 1.60. The van der Waals surface area contributed by atoms with Crippen molar-refractivity contribution in [3.05, 3.63) is 29.6 Å². The summed E-state index contributed by atoms with van der Waals surface area (Å²) in [7, 11) is 0. The van der Waals surface area contributed by atoms with Gasteiger partial charge in [-0.1, -0.05) is 19.0 Å². The zero-order valence-electron chi connectivity index (χ0n) is 11.4. The molecule has 0 aliphatic heterocycles. The maximum atomic E-state index is 12.6. The zero-order valence-corrected chi connectivity index (χ0v) is 12.3. The Bertz CT molecular complexity index is 625. The highest BCUT2D eigenvalue weighted by Crippen LogP contribution is 2.34. The van der Waals surface area contributed by atoms with Crippen molar-refractivity contribution < 1.29 is 17.7 Å². The van der Waals surface area contributed by atoms with E-state index >= 15 is 0 Å². The van der Waals surface area contributed by atoms with Gasteiger partial charge in [-0.15, -0.1) is 0 Å². The molecule has 1 heterocycles. The van der Waals surface area contributed by atoms with E-state index in [0.717, 1.165) is 12.1 Å². The Kier molecular flexibility index (Phi) is 4.46. The van der Waals surface area contributed by atoms with E-state index in [-0.39, 0.29) is 11.6 Å². The van der Waals surface area contributed by atoms with Crippen LogP contribution in [0.3, 0.4) is 0 Å². The van der Waals surface area contributed by atoms with E-state index in [9.17, 15) is 13.2 Å². The Morgan fingerprint density at radius 1 is 1.33 bits per heavy atom. The molecule has 0 amide bonds. The molecular formula is C13H14F3N3OS. The van der Waals surface area contributed by atoms with Crippen LogP contribution >= 0.6 is 11.8 Å². The molecule has 2 N–H and O–H groups in total. The van der Waals surface area contributed by atoms with Crippen molar-refractivity contribution in [3.63, 3.8) is 0 Å². The highest BCUT2D eigenvalue weighted by Gasteiger charge is 2.31. The van der Waals surface area contributed by atoms with Crippen LogP contribution in [0.4, 0.5) is 18.9 Å². The van der Waals surface area contributed by atoms with Crippen molar-refractivity contribution in [2.75, 3.05) is 5.73 Å². The van der Waals surface area contributed by atoms with E-state index in [4.69, 9.17) is 10.3 Å². The van der Waals surface area contributed by atoms with Gasteiger partial charge in [0.05, 0.1) is 16.9 Å². The standard InChI is InChI=1S/C13H14F3N3OS/c1-7(2)21-6-11-18-12(20-19-11)9-4-3-8(5-10(9)17)13(14,15)16/h3-5,7H,6,17H2,1-2H3. The molecular weight excluding hydrogens is 303 g/mol. The predicted molar refractivity (Wildman–Crippen MR) is 75.6 cm³/mol. The van der Waals surface area contributed by atoms with Crippen LogP contribution in [0.2, 0.25) is 0 Å². The van der Waals surface area contributed by atoms with Gasteiger partial charge in [0, 0.05) is 5.69 Å². The minimum Gasteiger partial charge on any atom is -0.398 e. The first-order chi connectivity index (χ1) is 9.77. The fourth-order valence-corrected chi connectivity index (χ4v) is 2.20. The molecule has 0 spiro atoms. The summed E-state index contributed by atoms with van der Waals surface area (Å²) in [5, 5.41) is 4.21. The number of aromatic nitrogens is 2. The van der Waals surface area contributed by atoms with Crippen molar-refractivity contribution in [1.29, 1.82) is 0 Å². The lowest BCUT2D eigenvalue weighted by molar-refractivity contribution is -0.137. The molecule has 1 aromatic carbocycles. The van der Waals surface area contributed by atoms with E-state index in [1.807, 2.05) is 13.8 Å². The smallest absolute Gasteiger partial charge is 0.398 e. The molecule has 0 unspecified atom stereocenters. The summed E-state index contributed by atoms with van der Waals surface area (Å²) >= 11 is 1.64. The van der Waals surface area contributed by atoms with Crippen LogP contribution < -0.4 is 5.73 Å². The van der Waals surface area contributed by atoms with Gasteiger partial charge >= 0.3 is 6.18 Å². The number of anilines is 1. The second kappa shape index (κ2) is 5.97. The first-order valence-electron chi connectivity index (χ1n) is 6.18. The van der Waals surface area contributed by atoms with E-state index in [1.54, 1.807) is 11.8 Å². The number of nitrogen functional groups attached to an aromatic ring is 1. The Morgan fingerprint density at radius 3 is 2.62 bits per heavy atom. The van der Waals surface area contributed by atoms with Crippen LogP contribution in [0.1, 0.15) is 25.2 Å². The summed E-state index contributed by atoms with van der Waals surface area (Å²) in [5.74, 6) is 1.19. The van der Waals surface area contributed by atoms with Gasteiger partial charge in [-0.2, -0.15) is 29.9 Å². The molecule has 1 aromatic heterocycles. The number of nitrogens with zero attached hydrogens (tertiary/aromatic N) is 2. The first-order valence-corrected chi connectivity index (χ1v) is 7.23. The molecule has 0 bridgehead atoms. The second-order valence-corrected chi connectivity index (χ2v) is 6.24. The lowest BCUT2D eigenvalue weighted by atomic mass is 10.1. The monoisotopic (exact) mass is 317 g/mol. The molecule has 0 saturated carbocycles. The number of alkyl halides is 3. The molecule has 21 heavy (non-hydrogen) atoms. The van der Waals surface area contributed by atoms with Crippen molar-refractivity contribution in [3.8, 4) is 11.5 Å². The van der Waals surface area contributed by atoms with Gasteiger partial charge in [-0.25, -0.2) is 0 Å². The van der Waals surface area contributed by atoms with Gasteiger partial charge in [0.2, 0.25) is 0 Å². The summed E-state index contributed by atoms with van der Waals surface area (Å²) in [6.07, 6.45) is -4.43. The largest absolute Gasteiger partial charge is 0.416 e. The van der Waals surface area contributed by atoms with Gasteiger partial charge in [0.15, 0.2) is 5.82 Å². The summed E-state index contributed by atoms with van der Waals surface area (Å²) in [4.78, 5) is 4.15. The number of nitrogens with two attached hydrogens (primary N) is 1. The van der Waals surface area contributed by atoms with E-state index in [1.165, 1.54) is 6.07 Å². The normalized spacial score (nSPS) is 12.1. The minimum atomic E-state index is -4.43. The number of rotatable bonds is 4. The fraction of sp³-hybridized carbons (Fsp3) is 0.385. The van der Waals surface area contributed by atoms with E-state index in [0.29, 0.717) is 22.4 Å². The average Bonchev–Trinajstić information content (AvgIpc) is 2.83. The molecule has 114 valence electrons. The van der Waals surface area contributed by atoms with Crippen LogP contribution in [0.15, 0.2) is 22.7 Å². The van der Waals surface area contributed by atoms with Crippen LogP contribution in [0.5, 0.6) is 0 Å². The Hall–Kier alpha value is -1.70. The number of halogens is 3. The molecule has 2 aromatic rings. The van der Waals surface area contributed by atoms with Crippen molar-refractivity contribution in [1.82, 2.24) is 10.1 Å². The van der Waals surface area contributed by atoms with Crippen molar-refractivity contribution in [2.24, 2.45) is 0 Å². The van der Waals surface area contributed by atoms with Crippen LogP contribution in [0, 0.1) is 0 Å². The van der Waals surface area contributed by atoms with Crippen LogP contribution in [-0.4, -0.2) is 15.4 Å². The molecule has 0 atom stereocenters. The predicted octanol–water partition coefficient (Wildman–Crippen LogP) is 3.98. The van der Waals surface area contributed by atoms with Crippen molar-refractivity contribution >= 4 is 17.4 Å². The Balaban J connectivity index is 2.23. The molecule has 8 heteroatoms. The quantitative estimate of drug-likeness (QED) is 0.864. The van der Waals surface area contributed by atoms with Gasteiger partial charge in [-0.3, -0.25) is 0 Å². The number of benzene rings is 1. The van der Waals surface area contributed by atoms with E-state index < -0.39 is 11.7 Å². The summed E-state index contributed by atoms with van der Waals surface area (Å²) in [6.45, 7) is 4.08. The van der Waals surface area contributed by atoms with Crippen molar-refractivity contribution in [2.45, 2.75) is 31.0 Å². The highest BCUT2D eigenvalue weighted by molar-refractivity contribution is 7.99. The number of thioether (sulfide) groups is 1. The van der Waals surface area contributed by atoms with Crippen LogP contribution in [-0.2, 0) is 11.9 Å².